The van der Waals surface area contributed by atoms with Gasteiger partial charge in [-0.2, -0.15) is 13.2 Å². The van der Waals surface area contributed by atoms with E-state index in [0.717, 1.165) is 18.2 Å². The van der Waals surface area contributed by atoms with Crippen LogP contribution in [0.2, 0.25) is 0 Å². The Morgan fingerprint density at radius 1 is 1.40 bits per heavy atom. The van der Waals surface area contributed by atoms with Crippen LogP contribution in [0.5, 0.6) is 0 Å². The van der Waals surface area contributed by atoms with E-state index in [0.29, 0.717) is 6.42 Å². The Balaban J connectivity index is 3.25. The van der Waals surface area contributed by atoms with Gasteiger partial charge in [0.15, 0.2) is 0 Å². The first kappa shape index (κ1) is 16.7. The predicted octanol–water partition coefficient (Wildman–Crippen LogP) is 2.49. The van der Waals surface area contributed by atoms with Crippen LogP contribution >= 0.6 is 12.2 Å². The largest absolute Gasteiger partial charge is 0.416 e. The van der Waals surface area contributed by atoms with Gasteiger partial charge in [-0.25, -0.2) is 8.42 Å². The molecule has 0 heterocycles. The fourth-order valence-corrected chi connectivity index (χ4v) is 2.82. The van der Waals surface area contributed by atoms with Crippen molar-refractivity contribution < 1.29 is 21.6 Å². The maximum absolute atomic E-state index is 12.6. The summed E-state index contributed by atoms with van der Waals surface area (Å²) in [5.41, 5.74) is 4.19. The van der Waals surface area contributed by atoms with E-state index >= 15 is 0 Å². The van der Waals surface area contributed by atoms with Crippen molar-refractivity contribution >= 4 is 32.9 Å². The first-order valence-corrected chi connectivity index (χ1v) is 7.64. The van der Waals surface area contributed by atoms with Gasteiger partial charge in [0, 0.05) is 5.56 Å². The maximum Gasteiger partial charge on any atom is 0.416 e. The number of benzene rings is 1. The number of hydrogen-bond donors (Lipinski definition) is 2. The second kappa shape index (κ2) is 5.96. The number of thiocarbonyl (C=S) groups is 1. The molecule has 0 saturated heterocycles. The molecule has 0 aliphatic heterocycles. The molecule has 1 aromatic rings. The molecule has 0 radical (unpaired) electrons. The molecular formula is C11H13F3N2O2S2. The van der Waals surface area contributed by atoms with Crippen molar-refractivity contribution in [2.45, 2.75) is 19.5 Å². The van der Waals surface area contributed by atoms with E-state index in [2.05, 4.69) is 16.9 Å². The lowest BCUT2D eigenvalue weighted by Gasteiger charge is -2.14. The predicted molar refractivity (Wildman–Crippen MR) is 75.0 cm³/mol. The Bertz CT molecular complexity index is 613. The summed E-state index contributed by atoms with van der Waals surface area (Å²) >= 11 is 4.66. The van der Waals surface area contributed by atoms with Gasteiger partial charge in [-0.1, -0.05) is 19.1 Å². The molecule has 3 N–H and O–H groups in total. The molecule has 0 unspecified atom stereocenters. The number of sulfonamides is 1. The van der Waals surface area contributed by atoms with Crippen LogP contribution in [0.1, 0.15) is 24.5 Å². The normalized spacial score (nSPS) is 12.2. The van der Waals surface area contributed by atoms with Crippen LogP contribution in [0, 0.1) is 0 Å². The van der Waals surface area contributed by atoms with Gasteiger partial charge < -0.3 is 5.73 Å². The summed E-state index contributed by atoms with van der Waals surface area (Å²) in [6.45, 7) is 1.67. The number of alkyl halides is 3. The molecule has 20 heavy (non-hydrogen) atoms. The minimum Gasteiger partial charge on any atom is -0.389 e. The van der Waals surface area contributed by atoms with Crippen molar-refractivity contribution in [1.29, 1.82) is 0 Å². The van der Waals surface area contributed by atoms with Gasteiger partial charge in [-0.3, -0.25) is 4.72 Å². The van der Waals surface area contributed by atoms with E-state index in [9.17, 15) is 21.6 Å². The van der Waals surface area contributed by atoms with Gasteiger partial charge in [0.2, 0.25) is 10.0 Å². The fraction of sp³-hybridized carbons (Fsp3) is 0.364. The second-order valence-electron chi connectivity index (χ2n) is 4.04. The van der Waals surface area contributed by atoms with Crippen molar-refractivity contribution in [1.82, 2.24) is 0 Å². The maximum atomic E-state index is 12.6. The first-order valence-electron chi connectivity index (χ1n) is 5.58. The number of anilines is 1. The molecule has 0 bridgehead atoms. The Morgan fingerprint density at radius 2 is 2.00 bits per heavy atom. The molecule has 1 aromatic carbocycles. The molecule has 0 amide bonds. The van der Waals surface area contributed by atoms with Gasteiger partial charge in [-0.05, 0) is 24.6 Å². The molecule has 0 atom stereocenters. The fourth-order valence-electron chi connectivity index (χ4n) is 1.50. The second-order valence-corrected chi connectivity index (χ2v) is 6.33. The Kier molecular flexibility index (Phi) is 4.98. The number of halogens is 3. The van der Waals surface area contributed by atoms with Crippen LogP contribution in [0.3, 0.4) is 0 Å². The Morgan fingerprint density at radius 3 is 2.45 bits per heavy atom. The molecule has 1 rings (SSSR count). The summed E-state index contributed by atoms with van der Waals surface area (Å²) in [5, 5.41) is 0. The van der Waals surface area contributed by atoms with Gasteiger partial charge in [0.25, 0.3) is 0 Å². The van der Waals surface area contributed by atoms with Crippen LogP contribution in [-0.4, -0.2) is 19.2 Å². The van der Waals surface area contributed by atoms with Crippen molar-refractivity contribution in [3.05, 3.63) is 29.3 Å². The molecule has 112 valence electrons. The van der Waals surface area contributed by atoms with Gasteiger partial charge >= 0.3 is 6.18 Å². The monoisotopic (exact) mass is 326 g/mol. The third-order valence-electron chi connectivity index (χ3n) is 2.35. The molecule has 0 aliphatic carbocycles. The molecule has 0 aromatic heterocycles. The lowest BCUT2D eigenvalue weighted by molar-refractivity contribution is -0.137. The quantitative estimate of drug-likeness (QED) is 0.816. The molecular weight excluding hydrogens is 313 g/mol. The zero-order valence-corrected chi connectivity index (χ0v) is 12.1. The summed E-state index contributed by atoms with van der Waals surface area (Å²) in [6.07, 6.45) is -4.18. The highest BCUT2D eigenvalue weighted by Crippen LogP contribution is 2.32. The van der Waals surface area contributed by atoms with E-state index in [1.165, 1.54) is 0 Å². The summed E-state index contributed by atoms with van der Waals surface area (Å²) in [4.78, 5) is -0.315. The third-order valence-corrected chi connectivity index (χ3v) is 4.05. The van der Waals surface area contributed by atoms with Crippen LogP contribution in [0.4, 0.5) is 18.9 Å². The highest BCUT2D eigenvalue weighted by atomic mass is 32.2. The Labute approximate surface area is 120 Å². The van der Waals surface area contributed by atoms with Crippen molar-refractivity contribution in [3.8, 4) is 0 Å². The SMILES string of the molecule is CCCS(=O)(=O)Nc1ccc(C(F)(F)F)cc1C(N)=S. The summed E-state index contributed by atoms with van der Waals surface area (Å²) in [5.74, 6) is -0.148. The van der Waals surface area contributed by atoms with Crippen LogP contribution in [0.15, 0.2) is 18.2 Å². The minimum atomic E-state index is -4.56. The third kappa shape index (κ3) is 4.34. The first-order chi connectivity index (χ1) is 9.07. The summed E-state index contributed by atoms with van der Waals surface area (Å²) < 4.78 is 63.3. The zero-order valence-electron chi connectivity index (χ0n) is 10.5. The average molecular weight is 326 g/mol. The van der Waals surface area contributed by atoms with Crippen LogP contribution in [0.25, 0.3) is 0 Å². The van der Waals surface area contributed by atoms with Crippen molar-refractivity contribution in [2.75, 3.05) is 10.5 Å². The minimum absolute atomic E-state index is 0.0565. The molecule has 0 fully saturated rings. The highest BCUT2D eigenvalue weighted by Gasteiger charge is 2.31. The average Bonchev–Trinajstić information content (AvgIpc) is 2.26. The van der Waals surface area contributed by atoms with Crippen LogP contribution < -0.4 is 10.5 Å². The number of nitrogens with two attached hydrogens (primary N) is 1. The van der Waals surface area contributed by atoms with Gasteiger partial charge in [0.1, 0.15) is 4.99 Å². The molecule has 0 aliphatic rings. The standard InChI is InChI=1S/C11H13F3N2O2S2/c1-2-5-20(17,18)16-9-4-3-7(11(12,13)14)6-8(9)10(15)19/h3-4,6,16H,2,5H2,1H3,(H2,15,19). The number of nitrogens with one attached hydrogen (secondary N) is 1. The lowest BCUT2D eigenvalue weighted by atomic mass is 10.1. The number of hydrogen-bond acceptors (Lipinski definition) is 3. The molecule has 4 nitrogen and oxygen atoms in total. The van der Waals surface area contributed by atoms with Crippen molar-refractivity contribution in [2.24, 2.45) is 5.73 Å². The smallest absolute Gasteiger partial charge is 0.389 e. The summed E-state index contributed by atoms with van der Waals surface area (Å²) in [7, 11) is -3.64. The lowest BCUT2D eigenvalue weighted by Crippen LogP contribution is -2.21. The van der Waals surface area contributed by atoms with E-state index < -0.39 is 21.8 Å². The molecule has 9 heteroatoms. The highest BCUT2D eigenvalue weighted by molar-refractivity contribution is 7.92. The van der Waals surface area contributed by atoms with E-state index in [1.54, 1.807) is 6.92 Å². The number of rotatable bonds is 5. The molecule has 0 spiro atoms. The molecule has 0 saturated carbocycles. The topological polar surface area (TPSA) is 72.2 Å². The van der Waals surface area contributed by atoms with Crippen molar-refractivity contribution in [3.63, 3.8) is 0 Å². The zero-order chi connectivity index (χ0) is 15.6. The van der Waals surface area contributed by atoms with Crippen LogP contribution in [-0.2, 0) is 16.2 Å². The van der Waals surface area contributed by atoms with Gasteiger partial charge in [0.05, 0.1) is 17.0 Å². The van der Waals surface area contributed by atoms with E-state index in [1.807, 2.05) is 0 Å². The Hall–Kier alpha value is -1.35. The van der Waals surface area contributed by atoms with Gasteiger partial charge in [-0.15, -0.1) is 0 Å². The van der Waals surface area contributed by atoms with E-state index in [-0.39, 0.29) is 22.0 Å². The summed E-state index contributed by atoms with van der Waals surface area (Å²) in [6, 6.07) is 2.50. The van der Waals surface area contributed by atoms with E-state index in [4.69, 9.17) is 5.73 Å².